The summed E-state index contributed by atoms with van der Waals surface area (Å²) in [6.45, 7) is 1.91. The molecule has 0 fully saturated rings. The summed E-state index contributed by atoms with van der Waals surface area (Å²) in [5.74, 6) is 0.289. The van der Waals surface area contributed by atoms with Crippen LogP contribution in [0.1, 0.15) is 16.7 Å². The highest BCUT2D eigenvalue weighted by molar-refractivity contribution is 9.10. The normalized spacial score (nSPS) is 11.8. The molecule has 0 spiro atoms. The molecule has 3 nitrogen and oxygen atoms in total. The second-order valence-corrected chi connectivity index (χ2v) is 9.34. The van der Waals surface area contributed by atoms with Gasteiger partial charge in [-0.25, -0.2) is 0 Å². The number of fused-ring (bicyclic) bond motifs is 1. The molecule has 0 heterocycles. The SMILES string of the molecule is Cc1ccc(S(=O)(=O)Oc2cc3ccccc3cc2/C=C\c2ccccc2Br)cc1. The summed E-state index contributed by atoms with van der Waals surface area (Å²) >= 11 is 3.53. The standard InChI is InChI=1S/C25H19BrO3S/c1-18-10-14-23(15-11-18)30(27,28)29-25-17-21-8-3-2-7-20(21)16-22(25)13-12-19-6-4-5-9-24(19)26/h2-17H,1H3/b13-12-. The smallest absolute Gasteiger partial charge is 0.339 e. The zero-order valence-corrected chi connectivity index (χ0v) is 18.7. The van der Waals surface area contributed by atoms with Crippen molar-refractivity contribution < 1.29 is 12.6 Å². The molecule has 0 saturated heterocycles. The summed E-state index contributed by atoms with van der Waals surface area (Å²) in [7, 11) is -3.96. The fourth-order valence-corrected chi connectivity index (χ4v) is 4.46. The predicted molar refractivity (Wildman–Crippen MR) is 126 cm³/mol. The maximum Gasteiger partial charge on any atom is 0.339 e. The van der Waals surface area contributed by atoms with Crippen LogP contribution in [0.5, 0.6) is 5.75 Å². The van der Waals surface area contributed by atoms with Gasteiger partial charge in [0.2, 0.25) is 0 Å². The van der Waals surface area contributed by atoms with E-state index in [1.807, 2.05) is 73.7 Å². The first kappa shape index (κ1) is 20.4. The molecule has 0 N–H and O–H groups in total. The van der Waals surface area contributed by atoms with E-state index >= 15 is 0 Å². The van der Waals surface area contributed by atoms with Crippen LogP contribution in [0.2, 0.25) is 0 Å². The lowest BCUT2D eigenvalue weighted by Crippen LogP contribution is -2.10. The highest BCUT2D eigenvalue weighted by atomic mass is 79.9. The Kier molecular flexibility index (Phi) is 5.75. The van der Waals surface area contributed by atoms with Crippen LogP contribution in [0.25, 0.3) is 22.9 Å². The van der Waals surface area contributed by atoms with E-state index in [1.54, 1.807) is 30.3 Å². The molecule has 0 amide bonds. The fourth-order valence-electron chi connectivity index (χ4n) is 3.10. The third-order valence-corrected chi connectivity index (χ3v) is 6.71. The van der Waals surface area contributed by atoms with Crippen LogP contribution in [0.15, 0.2) is 94.3 Å². The van der Waals surface area contributed by atoms with Gasteiger partial charge in [-0.3, -0.25) is 0 Å². The Balaban J connectivity index is 1.78. The largest absolute Gasteiger partial charge is 0.378 e. The number of rotatable bonds is 5. The van der Waals surface area contributed by atoms with Crippen molar-refractivity contribution in [3.63, 3.8) is 0 Å². The van der Waals surface area contributed by atoms with E-state index in [0.29, 0.717) is 5.56 Å². The van der Waals surface area contributed by atoms with Crippen molar-refractivity contribution in [1.82, 2.24) is 0 Å². The van der Waals surface area contributed by atoms with Crippen molar-refractivity contribution in [2.45, 2.75) is 11.8 Å². The molecule has 4 aromatic rings. The summed E-state index contributed by atoms with van der Waals surface area (Å²) in [5, 5.41) is 1.91. The van der Waals surface area contributed by atoms with E-state index < -0.39 is 10.1 Å². The van der Waals surface area contributed by atoms with Crippen molar-refractivity contribution in [1.29, 1.82) is 0 Å². The molecule has 0 bridgehead atoms. The zero-order chi connectivity index (χ0) is 21.1. The summed E-state index contributed by atoms with van der Waals surface area (Å²) in [5.41, 5.74) is 2.65. The second-order valence-electron chi connectivity index (χ2n) is 6.94. The molecule has 150 valence electrons. The molecule has 4 rings (SSSR count). The van der Waals surface area contributed by atoms with Crippen molar-refractivity contribution in [3.05, 3.63) is 106 Å². The summed E-state index contributed by atoms with van der Waals surface area (Å²) in [4.78, 5) is 0.127. The Morgan fingerprint density at radius 1 is 0.767 bits per heavy atom. The lowest BCUT2D eigenvalue weighted by Gasteiger charge is -2.12. The molecule has 0 aliphatic heterocycles. The van der Waals surface area contributed by atoms with Crippen LogP contribution < -0.4 is 4.18 Å². The van der Waals surface area contributed by atoms with Crippen LogP contribution in [-0.2, 0) is 10.1 Å². The van der Waals surface area contributed by atoms with Gasteiger partial charge in [0.1, 0.15) is 4.90 Å². The van der Waals surface area contributed by atoms with Gasteiger partial charge in [-0.1, -0.05) is 88.2 Å². The van der Waals surface area contributed by atoms with Crippen molar-refractivity contribution >= 4 is 49.0 Å². The van der Waals surface area contributed by atoms with Gasteiger partial charge in [0.05, 0.1) is 0 Å². The minimum atomic E-state index is -3.96. The van der Waals surface area contributed by atoms with Gasteiger partial charge in [-0.05, 0) is 53.6 Å². The topological polar surface area (TPSA) is 43.4 Å². The maximum absolute atomic E-state index is 12.9. The molecule has 30 heavy (non-hydrogen) atoms. The Morgan fingerprint density at radius 2 is 1.37 bits per heavy atom. The molecule has 4 aromatic carbocycles. The van der Waals surface area contributed by atoms with Gasteiger partial charge in [-0.2, -0.15) is 8.42 Å². The van der Waals surface area contributed by atoms with Crippen molar-refractivity contribution in [3.8, 4) is 5.75 Å². The first-order valence-electron chi connectivity index (χ1n) is 9.39. The highest BCUT2D eigenvalue weighted by Gasteiger charge is 2.18. The number of halogens is 1. The lowest BCUT2D eigenvalue weighted by molar-refractivity contribution is 0.486. The van der Waals surface area contributed by atoms with Gasteiger partial charge in [0, 0.05) is 10.0 Å². The van der Waals surface area contributed by atoms with E-state index in [-0.39, 0.29) is 10.6 Å². The van der Waals surface area contributed by atoms with Crippen molar-refractivity contribution in [2.24, 2.45) is 0 Å². The van der Waals surface area contributed by atoms with E-state index in [0.717, 1.165) is 26.4 Å². The molecule has 5 heteroatoms. The quantitative estimate of drug-likeness (QED) is 0.232. The monoisotopic (exact) mass is 478 g/mol. The van der Waals surface area contributed by atoms with Crippen LogP contribution >= 0.6 is 15.9 Å². The third kappa shape index (κ3) is 4.48. The van der Waals surface area contributed by atoms with Gasteiger partial charge >= 0.3 is 10.1 Å². The van der Waals surface area contributed by atoms with Crippen LogP contribution in [-0.4, -0.2) is 8.42 Å². The number of aryl methyl sites for hydroxylation is 1. The molecule has 0 aliphatic carbocycles. The first-order chi connectivity index (χ1) is 14.4. The van der Waals surface area contributed by atoms with Crippen LogP contribution in [0.4, 0.5) is 0 Å². The molecule has 0 unspecified atom stereocenters. The highest BCUT2D eigenvalue weighted by Crippen LogP contribution is 2.31. The number of benzene rings is 4. The fraction of sp³-hybridized carbons (Fsp3) is 0.0400. The molecular weight excluding hydrogens is 460 g/mol. The summed E-state index contributed by atoms with van der Waals surface area (Å²) in [6.07, 6.45) is 3.80. The Labute approximate surface area is 184 Å². The molecule has 0 atom stereocenters. The maximum atomic E-state index is 12.9. The number of hydrogen-bond acceptors (Lipinski definition) is 3. The van der Waals surface area contributed by atoms with Crippen molar-refractivity contribution in [2.75, 3.05) is 0 Å². The summed E-state index contributed by atoms with van der Waals surface area (Å²) < 4.78 is 32.3. The van der Waals surface area contributed by atoms with Gasteiger partial charge < -0.3 is 4.18 Å². The minimum Gasteiger partial charge on any atom is -0.378 e. The average molecular weight is 479 g/mol. The molecular formula is C25H19BrO3S. The van der Waals surface area contributed by atoms with Crippen LogP contribution in [0.3, 0.4) is 0 Å². The molecule has 0 radical (unpaired) electrons. The van der Waals surface area contributed by atoms with E-state index in [9.17, 15) is 8.42 Å². The van der Waals surface area contributed by atoms with Gasteiger partial charge in [-0.15, -0.1) is 0 Å². The first-order valence-corrected chi connectivity index (χ1v) is 11.6. The van der Waals surface area contributed by atoms with Crippen LogP contribution in [0, 0.1) is 6.92 Å². The molecule has 0 saturated carbocycles. The average Bonchev–Trinajstić information content (AvgIpc) is 2.73. The van der Waals surface area contributed by atoms with Gasteiger partial charge in [0.25, 0.3) is 0 Å². The Hall–Kier alpha value is -2.89. The molecule has 0 aromatic heterocycles. The summed E-state index contributed by atoms with van der Waals surface area (Å²) in [6, 6.07) is 25.9. The predicted octanol–water partition coefficient (Wildman–Crippen LogP) is 6.85. The Morgan fingerprint density at radius 3 is 2.07 bits per heavy atom. The lowest BCUT2D eigenvalue weighted by atomic mass is 10.0. The molecule has 0 aliphatic rings. The second kappa shape index (κ2) is 8.46. The van der Waals surface area contributed by atoms with E-state index in [4.69, 9.17) is 4.18 Å². The van der Waals surface area contributed by atoms with Gasteiger partial charge in [0.15, 0.2) is 5.75 Å². The van der Waals surface area contributed by atoms with E-state index in [1.165, 1.54) is 0 Å². The Bertz CT molecular complexity index is 1340. The number of hydrogen-bond donors (Lipinski definition) is 0. The van der Waals surface area contributed by atoms with E-state index in [2.05, 4.69) is 15.9 Å². The third-order valence-electron chi connectivity index (χ3n) is 4.73. The zero-order valence-electron chi connectivity index (χ0n) is 16.2. The minimum absolute atomic E-state index is 0.127.